The number of rotatable bonds is 23. The molecule has 4 aliphatic carbocycles. The third-order valence-electron chi connectivity index (χ3n) is 16.3. The molecule has 0 aromatic heterocycles. The summed E-state index contributed by atoms with van der Waals surface area (Å²) in [6.07, 6.45) is 24.0. The summed E-state index contributed by atoms with van der Waals surface area (Å²) in [5.74, 6) is 4.46. The predicted octanol–water partition coefficient (Wildman–Crippen LogP) is 15.7. The molecule has 0 amide bonds. The molecule has 6 nitrogen and oxygen atoms in total. The molecule has 2 saturated heterocycles. The SMILES string of the molecule is CCCCCCCOC1CCC(C2CCC(C3OCC(CCCC(F)(F)F)CO3)CC2)CC1.CCCCCCOC1CCC(C2CCC(C3OCC(CCCC(F)(F)F)CO3)CC2)CC1. The van der Waals surface area contributed by atoms with Crippen LogP contribution in [0.2, 0.25) is 0 Å². The van der Waals surface area contributed by atoms with Gasteiger partial charge in [-0.3, -0.25) is 0 Å². The van der Waals surface area contributed by atoms with Crippen LogP contribution < -0.4 is 0 Å². The van der Waals surface area contributed by atoms with E-state index in [0.29, 0.717) is 63.3 Å². The lowest BCUT2D eigenvalue weighted by atomic mass is 9.70. The molecule has 0 atom stereocenters. The summed E-state index contributed by atoms with van der Waals surface area (Å²) in [5, 5.41) is 0. The van der Waals surface area contributed by atoms with Crippen LogP contribution in [0.5, 0.6) is 0 Å². The van der Waals surface area contributed by atoms with Crippen LogP contribution in [0.15, 0.2) is 0 Å². The normalized spacial score (nSPS) is 34.2. The zero-order valence-electron chi connectivity index (χ0n) is 40.8. The molecule has 6 aliphatic rings. The summed E-state index contributed by atoms with van der Waals surface area (Å²) < 4.78 is 110. The first-order chi connectivity index (χ1) is 31.4. The van der Waals surface area contributed by atoms with Gasteiger partial charge < -0.3 is 28.4 Å². The Morgan fingerprint density at radius 3 is 0.985 bits per heavy atom. The molecule has 0 N–H and O–H groups in total. The molecule has 2 heterocycles. The van der Waals surface area contributed by atoms with Crippen molar-refractivity contribution in [2.75, 3.05) is 39.6 Å². The minimum Gasteiger partial charge on any atom is -0.378 e. The zero-order chi connectivity index (χ0) is 46.3. The Balaban J connectivity index is 0.000000244. The summed E-state index contributed by atoms with van der Waals surface area (Å²) in [5.41, 5.74) is 0. The van der Waals surface area contributed by atoms with Crippen molar-refractivity contribution >= 4 is 0 Å². The highest BCUT2D eigenvalue weighted by molar-refractivity contribution is 4.86. The molecule has 0 spiro atoms. The molecule has 0 aromatic carbocycles. The van der Waals surface area contributed by atoms with Gasteiger partial charge in [0, 0.05) is 49.7 Å². The summed E-state index contributed by atoms with van der Waals surface area (Å²) in [6, 6.07) is 0. The first-order valence-electron chi connectivity index (χ1n) is 27.2. The Kier molecular flexibility index (Phi) is 25.6. The monoisotopic (exact) mass is 939 g/mol. The van der Waals surface area contributed by atoms with Crippen molar-refractivity contribution in [3.8, 4) is 0 Å². The van der Waals surface area contributed by atoms with Crippen molar-refractivity contribution < 1.29 is 54.8 Å². The van der Waals surface area contributed by atoms with Crippen LogP contribution in [0.1, 0.15) is 213 Å². The van der Waals surface area contributed by atoms with Crippen LogP contribution in [0.3, 0.4) is 0 Å². The van der Waals surface area contributed by atoms with Gasteiger partial charge in [-0.1, -0.05) is 58.8 Å². The maximum Gasteiger partial charge on any atom is 0.389 e. The molecule has 4 saturated carbocycles. The van der Waals surface area contributed by atoms with Gasteiger partial charge in [0.1, 0.15) is 0 Å². The van der Waals surface area contributed by atoms with Crippen molar-refractivity contribution in [1.29, 1.82) is 0 Å². The third-order valence-corrected chi connectivity index (χ3v) is 16.3. The lowest BCUT2D eigenvalue weighted by Crippen LogP contribution is -2.39. The Morgan fingerprint density at radius 2 is 0.662 bits per heavy atom. The smallest absolute Gasteiger partial charge is 0.378 e. The van der Waals surface area contributed by atoms with Crippen LogP contribution in [-0.4, -0.2) is 76.8 Å². The Bertz CT molecular complexity index is 1170. The van der Waals surface area contributed by atoms with E-state index in [1.54, 1.807) is 0 Å². The van der Waals surface area contributed by atoms with Gasteiger partial charge in [0.2, 0.25) is 0 Å². The highest BCUT2D eigenvalue weighted by Crippen LogP contribution is 2.44. The van der Waals surface area contributed by atoms with E-state index in [9.17, 15) is 26.3 Å². The van der Waals surface area contributed by atoms with Crippen LogP contribution in [0, 0.1) is 47.3 Å². The van der Waals surface area contributed by atoms with Gasteiger partial charge in [-0.05, 0) is 165 Å². The van der Waals surface area contributed by atoms with E-state index < -0.39 is 25.2 Å². The number of unbranched alkanes of at least 4 members (excludes halogenated alkanes) is 7. The number of halogens is 6. The molecular weight excluding hydrogens is 847 g/mol. The van der Waals surface area contributed by atoms with Gasteiger partial charge in [0.25, 0.3) is 0 Å². The standard InChI is InChI=1S/C27H47F3O3.C26H45F3O3/c1-2-3-4-5-6-18-31-25-15-13-23(14-16-25)22-9-11-24(12-10-22)26-32-19-21(20-33-26)8-7-17-27(28,29)30;1-2-3-4-5-17-30-24-14-12-22(13-15-24)21-8-10-23(11-9-21)25-31-18-20(19-32-25)7-6-16-26(27,28)29/h21-26H,2-20H2,1H3;20-25H,2-19H2,1H3. The zero-order valence-corrected chi connectivity index (χ0v) is 40.8. The first kappa shape index (κ1) is 55.3. The number of hydrogen-bond acceptors (Lipinski definition) is 6. The molecule has 0 unspecified atom stereocenters. The molecule has 382 valence electrons. The number of ether oxygens (including phenoxy) is 6. The molecule has 2 aliphatic heterocycles. The average Bonchev–Trinajstić information content (AvgIpc) is 3.30. The van der Waals surface area contributed by atoms with Crippen molar-refractivity contribution in [3.05, 3.63) is 0 Å². The van der Waals surface area contributed by atoms with E-state index in [-0.39, 0.29) is 37.3 Å². The van der Waals surface area contributed by atoms with Crippen LogP contribution in [0.25, 0.3) is 0 Å². The van der Waals surface area contributed by atoms with Crippen molar-refractivity contribution in [2.45, 2.75) is 250 Å². The fourth-order valence-corrected chi connectivity index (χ4v) is 12.1. The maximum absolute atomic E-state index is 12.3. The van der Waals surface area contributed by atoms with Crippen molar-refractivity contribution in [2.24, 2.45) is 47.3 Å². The van der Waals surface area contributed by atoms with Gasteiger partial charge in [-0.2, -0.15) is 26.3 Å². The second-order valence-electron chi connectivity index (χ2n) is 21.5. The van der Waals surface area contributed by atoms with E-state index in [1.165, 1.54) is 135 Å². The minimum atomic E-state index is -4.06. The van der Waals surface area contributed by atoms with E-state index in [2.05, 4.69) is 13.8 Å². The fraction of sp³-hybridized carbons (Fsp3) is 1.00. The lowest BCUT2D eigenvalue weighted by molar-refractivity contribution is -0.231. The van der Waals surface area contributed by atoms with Crippen LogP contribution in [0.4, 0.5) is 26.3 Å². The van der Waals surface area contributed by atoms with E-state index in [4.69, 9.17) is 28.4 Å². The van der Waals surface area contributed by atoms with Gasteiger partial charge in [0.05, 0.1) is 38.6 Å². The second kappa shape index (κ2) is 30.2. The third kappa shape index (κ3) is 21.9. The number of hydrogen-bond donors (Lipinski definition) is 0. The van der Waals surface area contributed by atoms with E-state index in [1.807, 2.05) is 0 Å². The summed E-state index contributed by atoms with van der Waals surface area (Å²) in [6.45, 7) is 8.56. The van der Waals surface area contributed by atoms with Crippen molar-refractivity contribution in [3.63, 3.8) is 0 Å². The van der Waals surface area contributed by atoms with Gasteiger partial charge in [-0.25, -0.2) is 0 Å². The molecule has 0 aromatic rings. The molecule has 6 rings (SSSR count). The van der Waals surface area contributed by atoms with Crippen LogP contribution in [-0.2, 0) is 28.4 Å². The lowest BCUT2D eigenvalue weighted by Gasteiger charge is -2.41. The molecule has 0 radical (unpaired) electrons. The molecule has 0 bridgehead atoms. The van der Waals surface area contributed by atoms with Gasteiger partial charge in [-0.15, -0.1) is 0 Å². The van der Waals surface area contributed by atoms with Gasteiger partial charge >= 0.3 is 12.4 Å². The summed E-state index contributed by atoms with van der Waals surface area (Å²) >= 11 is 0. The summed E-state index contributed by atoms with van der Waals surface area (Å²) in [4.78, 5) is 0. The van der Waals surface area contributed by atoms with Crippen LogP contribution >= 0.6 is 0 Å². The largest absolute Gasteiger partial charge is 0.389 e. The molecule has 12 heteroatoms. The molecule has 6 fully saturated rings. The quantitative estimate of drug-likeness (QED) is 0.0752. The van der Waals surface area contributed by atoms with Crippen molar-refractivity contribution in [1.82, 2.24) is 0 Å². The number of alkyl halides is 6. The Hall–Kier alpha value is -0.660. The Labute approximate surface area is 390 Å². The molecule has 65 heavy (non-hydrogen) atoms. The Morgan fingerprint density at radius 1 is 0.369 bits per heavy atom. The topological polar surface area (TPSA) is 55.4 Å². The fourth-order valence-electron chi connectivity index (χ4n) is 12.1. The summed E-state index contributed by atoms with van der Waals surface area (Å²) in [7, 11) is 0. The highest BCUT2D eigenvalue weighted by atomic mass is 19.4. The highest BCUT2D eigenvalue weighted by Gasteiger charge is 2.38. The molecular formula is C53H92F6O6. The minimum absolute atomic E-state index is 0.105. The second-order valence-corrected chi connectivity index (χ2v) is 21.5. The first-order valence-corrected chi connectivity index (χ1v) is 27.2. The predicted molar refractivity (Wildman–Crippen MR) is 245 cm³/mol. The van der Waals surface area contributed by atoms with E-state index >= 15 is 0 Å². The van der Waals surface area contributed by atoms with E-state index in [0.717, 1.165) is 62.6 Å². The maximum atomic E-state index is 12.3. The average molecular weight is 939 g/mol. The van der Waals surface area contributed by atoms with Gasteiger partial charge in [0.15, 0.2) is 12.6 Å².